The molecule has 0 fully saturated rings. The van der Waals surface area contributed by atoms with Crippen LogP contribution in [-0.4, -0.2) is 13.0 Å². The van der Waals surface area contributed by atoms with Gasteiger partial charge in [0.15, 0.2) is 0 Å². The van der Waals surface area contributed by atoms with E-state index in [9.17, 15) is 4.79 Å². The molecule has 0 unspecified atom stereocenters. The molecular weight excluding hydrogens is 226 g/mol. The number of primary amides is 1. The van der Waals surface area contributed by atoms with Crippen LogP contribution in [0.5, 0.6) is 5.75 Å². The van der Waals surface area contributed by atoms with Crippen LogP contribution < -0.4 is 10.5 Å². The first-order valence-corrected chi connectivity index (χ1v) is 5.33. The molecule has 0 radical (unpaired) electrons. The number of ether oxygens (including phenoxy) is 1. The van der Waals surface area contributed by atoms with Crippen LogP contribution in [0.3, 0.4) is 0 Å². The summed E-state index contributed by atoms with van der Waals surface area (Å²) in [4.78, 5) is 11.3. The van der Waals surface area contributed by atoms with E-state index in [1.54, 1.807) is 12.1 Å². The lowest BCUT2D eigenvalue weighted by Gasteiger charge is -2.21. The Morgan fingerprint density at radius 1 is 1.38 bits per heavy atom. The molecule has 0 saturated heterocycles. The molecule has 0 atom stereocenters. The van der Waals surface area contributed by atoms with Gasteiger partial charge in [0.2, 0.25) is 0 Å². The first-order valence-electron chi connectivity index (χ1n) is 4.95. The first kappa shape index (κ1) is 12.8. The second-order valence-electron chi connectivity index (χ2n) is 4.65. The Morgan fingerprint density at radius 3 is 2.31 bits per heavy atom. The number of amides is 1. The van der Waals surface area contributed by atoms with Crippen molar-refractivity contribution in [2.24, 2.45) is 5.73 Å². The number of carbonyl (C=O) groups is 1. The van der Waals surface area contributed by atoms with Crippen molar-refractivity contribution in [1.82, 2.24) is 0 Å². The maximum absolute atomic E-state index is 11.3. The molecule has 0 aliphatic carbocycles. The molecule has 1 aromatic rings. The van der Waals surface area contributed by atoms with Crippen LogP contribution in [0.1, 0.15) is 36.7 Å². The molecule has 0 aliphatic rings. The van der Waals surface area contributed by atoms with E-state index in [-0.39, 0.29) is 5.41 Å². The third-order valence-electron chi connectivity index (χ3n) is 2.38. The second-order valence-corrected chi connectivity index (χ2v) is 5.06. The summed E-state index contributed by atoms with van der Waals surface area (Å²) < 4.78 is 5.07. The average molecular weight is 242 g/mol. The zero-order chi connectivity index (χ0) is 12.5. The number of halogens is 1. The molecule has 0 aliphatic heterocycles. The summed E-state index contributed by atoms with van der Waals surface area (Å²) in [5.41, 5.74) is 6.47. The van der Waals surface area contributed by atoms with E-state index in [1.807, 2.05) is 20.8 Å². The van der Waals surface area contributed by atoms with E-state index in [4.69, 9.17) is 22.1 Å². The molecule has 1 amide bonds. The molecule has 1 rings (SSSR count). The number of rotatable bonds is 2. The Bertz CT molecular complexity index is 422. The van der Waals surface area contributed by atoms with Gasteiger partial charge in [-0.25, -0.2) is 0 Å². The first-order chi connectivity index (χ1) is 7.27. The van der Waals surface area contributed by atoms with Crippen LogP contribution in [0.4, 0.5) is 0 Å². The highest BCUT2D eigenvalue weighted by Gasteiger charge is 2.20. The standard InChI is InChI=1S/C12H16ClNO2/c1-12(2,3)7-5-8(11(14)15)10(16-4)9(13)6-7/h5-6H,1-4H3,(H2,14,15). The SMILES string of the molecule is COc1c(Cl)cc(C(C)(C)C)cc1C(N)=O. The van der Waals surface area contributed by atoms with Crippen LogP contribution in [0.2, 0.25) is 5.02 Å². The molecule has 0 saturated carbocycles. The van der Waals surface area contributed by atoms with Crippen molar-refractivity contribution in [1.29, 1.82) is 0 Å². The van der Waals surface area contributed by atoms with Crippen molar-refractivity contribution >= 4 is 17.5 Å². The molecule has 2 N–H and O–H groups in total. The fraction of sp³-hybridized carbons (Fsp3) is 0.417. The van der Waals surface area contributed by atoms with Crippen molar-refractivity contribution in [3.8, 4) is 5.75 Å². The lowest BCUT2D eigenvalue weighted by Crippen LogP contribution is -2.17. The third-order valence-corrected chi connectivity index (χ3v) is 2.66. The quantitative estimate of drug-likeness (QED) is 0.866. The second kappa shape index (κ2) is 4.34. The fourth-order valence-electron chi connectivity index (χ4n) is 1.42. The number of benzene rings is 1. The Morgan fingerprint density at radius 2 is 1.94 bits per heavy atom. The molecule has 4 heteroatoms. The van der Waals surface area contributed by atoms with Gasteiger partial charge in [0.1, 0.15) is 5.75 Å². The molecule has 3 nitrogen and oxygen atoms in total. The summed E-state index contributed by atoms with van der Waals surface area (Å²) >= 11 is 6.05. The summed E-state index contributed by atoms with van der Waals surface area (Å²) in [6.07, 6.45) is 0. The fourth-order valence-corrected chi connectivity index (χ4v) is 1.71. The van der Waals surface area contributed by atoms with Gasteiger partial charge in [-0.2, -0.15) is 0 Å². The highest BCUT2D eigenvalue weighted by Crippen LogP contribution is 2.34. The summed E-state index contributed by atoms with van der Waals surface area (Å²) in [6.45, 7) is 6.11. The van der Waals surface area contributed by atoms with Crippen molar-refractivity contribution in [3.63, 3.8) is 0 Å². The van der Waals surface area contributed by atoms with Gasteiger partial charge in [0.05, 0.1) is 17.7 Å². The van der Waals surface area contributed by atoms with Crippen molar-refractivity contribution in [3.05, 3.63) is 28.3 Å². The van der Waals surface area contributed by atoms with E-state index in [0.717, 1.165) is 5.56 Å². The highest BCUT2D eigenvalue weighted by atomic mass is 35.5. The Kier molecular flexibility index (Phi) is 3.48. The maximum atomic E-state index is 11.3. The van der Waals surface area contributed by atoms with Gasteiger partial charge >= 0.3 is 0 Å². The van der Waals surface area contributed by atoms with Crippen LogP contribution >= 0.6 is 11.6 Å². The maximum Gasteiger partial charge on any atom is 0.252 e. The predicted molar refractivity (Wildman–Crippen MR) is 65.2 cm³/mol. The van der Waals surface area contributed by atoms with Crippen LogP contribution in [0.15, 0.2) is 12.1 Å². The normalized spacial score (nSPS) is 11.3. The van der Waals surface area contributed by atoms with Gasteiger partial charge in [-0.3, -0.25) is 4.79 Å². The molecule has 0 bridgehead atoms. The summed E-state index contributed by atoms with van der Waals surface area (Å²) in [5.74, 6) is -0.202. The van der Waals surface area contributed by atoms with Crippen molar-refractivity contribution in [2.75, 3.05) is 7.11 Å². The van der Waals surface area contributed by atoms with Gasteiger partial charge < -0.3 is 10.5 Å². The average Bonchev–Trinajstić information content (AvgIpc) is 2.14. The minimum Gasteiger partial charge on any atom is -0.494 e. The lowest BCUT2D eigenvalue weighted by atomic mass is 9.86. The molecular formula is C12H16ClNO2. The zero-order valence-electron chi connectivity index (χ0n) is 9.93. The number of hydrogen-bond donors (Lipinski definition) is 1. The number of carbonyl (C=O) groups excluding carboxylic acids is 1. The van der Waals surface area contributed by atoms with Crippen molar-refractivity contribution < 1.29 is 9.53 Å². The summed E-state index contributed by atoms with van der Waals surface area (Å²) in [6, 6.07) is 3.53. The minimum absolute atomic E-state index is 0.0971. The van der Waals surface area contributed by atoms with Crippen LogP contribution in [-0.2, 0) is 5.41 Å². The van der Waals surface area contributed by atoms with Gasteiger partial charge in [0.25, 0.3) is 5.91 Å². The monoisotopic (exact) mass is 241 g/mol. The van der Waals surface area contributed by atoms with Gasteiger partial charge in [-0.15, -0.1) is 0 Å². The minimum atomic E-state index is -0.537. The Balaban J connectivity index is 3.46. The van der Waals surface area contributed by atoms with Crippen LogP contribution in [0, 0.1) is 0 Å². The number of methoxy groups -OCH3 is 1. The molecule has 1 aromatic carbocycles. The number of hydrogen-bond acceptors (Lipinski definition) is 2. The highest BCUT2D eigenvalue weighted by molar-refractivity contribution is 6.32. The van der Waals surface area contributed by atoms with Gasteiger partial charge in [-0.1, -0.05) is 32.4 Å². The van der Waals surface area contributed by atoms with Crippen molar-refractivity contribution in [2.45, 2.75) is 26.2 Å². The smallest absolute Gasteiger partial charge is 0.252 e. The van der Waals surface area contributed by atoms with Gasteiger partial charge in [0, 0.05) is 0 Å². The zero-order valence-corrected chi connectivity index (χ0v) is 10.7. The summed E-state index contributed by atoms with van der Waals surface area (Å²) in [7, 11) is 1.46. The molecule has 0 spiro atoms. The largest absolute Gasteiger partial charge is 0.494 e. The molecule has 0 heterocycles. The topological polar surface area (TPSA) is 52.3 Å². The molecule has 0 aromatic heterocycles. The molecule has 16 heavy (non-hydrogen) atoms. The van der Waals surface area contributed by atoms with E-state index in [0.29, 0.717) is 16.3 Å². The molecule has 88 valence electrons. The van der Waals surface area contributed by atoms with Crippen LogP contribution in [0.25, 0.3) is 0 Å². The van der Waals surface area contributed by atoms with E-state index in [1.165, 1.54) is 7.11 Å². The number of nitrogens with two attached hydrogens (primary N) is 1. The summed E-state index contributed by atoms with van der Waals surface area (Å²) in [5, 5.41) is 0.406. The predicted octanol–water partition coefficient (Wildman–Crippen LogP) is 2.75. The lowest BCUT2D eigenvalue weighted by molar-refractivity contribution is 0.0997. The van der Waals surface area contributed by atoms with E-state index >= 15 is 0 Å². The third kappa shape index (κ3) is 2.47. The Labute approximate surface area is 101 Å². The Hall–Kier alpha value is -1.22. The van der Waals surface area contributed by atoms with E-state index < -0.39 is 5.91 Å². The van der Waals surface area contributed by atoms with Gasteiger partial charge in [-0.05, 0) is 23.1 Å². The van der Waals surface area contributed by atoms with E-state index in [2.05, 4.69) is 0 Å².